The Hall–Kier alpha value is -0.770. The number of urea groups is 1. The fourth-order valence-corrected chi connectivity index (χ4v) is 2.56. The summed E-state index contributed by atoms with van der Waals surface area (Å²) in [5, 5.41) is 2.96. The number of nitrogens with zero attached hydrogens (tertiary/aromatic N) is 1. The minimum atomic E-state index is 0.0582. The third kappa shape index (κ3) is 3.11. The van der Waals surface area contributed by atoms with Crippen LogP contribution in [0.15, 0.2) is 0 Å². The summed E-state index contributed by atoms with van der Waals surface area (Å²) in [6.07, 6.45) is 3.45. The van der Waals surface area contributed by atoms with Crippen LogP contribution in [0.4, 0.5) is 4.79 Å². The fourth-order valence-electron chi connectivity index (χ4n) is 2.56. The first-order chi connectivity index (χ1) is 7.60. The van der Waals surface area contributed by atoms with Crippen molar-refractivity contribution in [2.24, 2.45) is 11.7 Å². The molecule has 4 heteroatoms. The summed E-state index contributed by atoms with van der Waals surface area (Å²) in [5.41, 5.74) is 5.76. The van der Waals surface area contributed by atoms with E-state index in [2.05, 4.69) is 5.32 Å². The average Bonchev–Trinajstić information content (AvgIpc) is 2.66. The van der Waals surface area contributed by atoms with Crippen molar-refractivity contribution in [3.8, 4) is 0 Å². The van der Waals surface area contributed by atoms with Gasteiger partial charge < -0.3 is 16.0 Å². The van der Waals surface area contributed by atoms with Crippen molar-refractivity contribution in [3.05, 3.63) is 0 Å². The van der Waals surface area contributed by atoms with Crippen molar-refractivity contribution < 1.29 is 4.79 Å². The Morgan fingerprint density at radius 2 is 2.19 bits per heavy atom. The van der Waals surface area contributed by atoms with E-state index < -0.39 is 0 Å². The summed E-state index contributed by atoms with van der Waals surface area (Å²) < 4.78 is 0. The molecule has 0 aromatic carbocycles. The van der Waals surface area contributed by atoms with Crippen LogP contribution in [-0.4, -0.2) is 36.1 Å². The Morgan fingerprint density at radius 1 is 1.50 bits per heavy atom. The third-order valence-corrected chi connectivity index (χ3v) is 3.34. The molecule has 0 aromatic rings. The molecule has 1 aliphatic rings. The Labute approximate surface area is 98.6 Å². The molecule has 0 spiro atoms. The summed E-state index contributed by atoms with van der Waals surface area (Å²) in [5.74, 6) is 0.484. The topological polar surface area (TPSA) is 58.4 Å². The van der Waals surface area contributed by atoms with Gasteiger partial charge in [-0.1, -0.05) is 6.42 Å². The van der Waals surface area contributed by atoms with Gasteiger partial charge in [0.1, 0.15) is 0 Å². The van der Waals surface area contributed by atoms with Crippen LogP contribution in [0.3, 0.4) is 0 Å². The first kappa shape index (κ1) is 13.3. The zero-order valence-electron chi connectivity index (χ0n) is 10.7. The molecule has 2 amide bonds. The summed E-state index contributed by atoms with van der Waals surface area (Å²) in [4.78, 5) is 14.0. The molecule has 2 unspecified atom stereocenters. The lowest BCUT2D eigenvalue weighted by atomic mass is 10.0. The minimum Gasteiger partial charge on any atom is -0.336 e. The van der Waals surface area contributed by atoms with Crippen molar-refractivity contribution in [3.63, 3.8) is 0 Å². The number of carbonyl (C=O) groups excluding carboxylic acids is 1. The van der Waals surface area contributed by atoms with Gasteiger partial charge in [-0.15, -0.1) is 0 Å². The molecule has 1 saturated carbocycles. The van der Waals surface area contributed by atoms with Gasteiger partial charge in [0.15, 0.2) is 0 Å². The Bertz CT molecular complexity index is 230. The van der Waals surface area contributed by atoms with E-state index in [1.165, 1.54) is 6.42 Å². The summed E-state index contributed by atoms with van der Waals surface area (Å²) in [7, 11) is 0. The molecule has 4 nitrogen and oxygen atoms in total. The first-order valence-electron chi connectivity index (χ1n) is 6.37. The molecule has 0 aromatic heterocycles. The van der Waals surface area contributed by atoms with Crippen LogP contribution in [0.25, 0.3) is 0 Å². The molecule has 0 radical (unpaired) electrons. The van der Waals surface area contributed by atoms with E-state index >= 15 is 0 Å². The molecule has 0 aliphatic heterocycles. The molecule has 1 aliphatic carbocycles. The maximum Gasteiger partial charge on any atom is 0.317 e. The highest BCUT2D eigenvalue weighted by Gasteiger charge is 2.33. The van der Waals surface area contributed by atoms with E-state index in [1.807, 2.05) is 25.7 Å². The zero-order valence-corrected chi connectivity index (χ0v) is 10.7. The molecule has 0 saturated heterocycles. The van der Waals surface area contributed by atoms with E-state index in [0.29, 0.717) is 18.5 Å². The number of nitrogens with two attached hydrogens (primary N) is 1. The van der Waals surface area contributed by atoms with Crippen LogP contribution in [0.1, 0.15) is 40.0 Å². The maximum atomic E-state index is 12.0. The van der Waals surface area contributed by atoms with Gasteiger partial charge in [-0.2, -0.15) is 0 Å². The van der Waals surface area contributed by atoms with Gasteiger partial charge in [0.2, 0.25) is 0 Å². The van der Waals surface area contributed by atoms with Gasteiger partial charge in [0.05, 0.1) is 0 Å². The van der Waals surface area contributed by atoms with Gasteiger partial charge in [0, 0.05) is 18.6 Å². The Balaban J connectivity index is 2.62. The predicted octanol–water partition coefficient (Wildman–Crippen LogP) is 1.55. The lowest BCUT2D eigenvalue weighted by Gasteiger charge is -2.32. The summed E-state index contributed by atoms with van der Waals surface area (Å²) in [6.45, 7) is 7.46. The number of carbonyl (C=O) groups is 1. The average molecular weight is 227 g/mol. The summed E-state index contributed by atoms with van der Waals surface area (Å²) in [6, 6.07) is 0.593. The highest BCUT2D eigenvalue weighted by atomic mass is 16.2. The molecule has 3 N–H and O–H groups in total. The molecule has 1 fully saturated rings. The number of nitrogens with one attached hydrogen (secondary N) is 1. The van der Waals surface area contributed by atoms with Crippen molar-refractivity contribution in [1.82, 2.24) is 10.2 Å². The highest BCUT2D eigenvalue weighted by Crippen LogP contribution is 2.29. The molecular weight excluding hydrogens is 202 g/mol. The lowest BCUT2D eigenvalue weighted by molar-refractivity contribution is 0.161. The van der Waals surface area contributed by atoms with Crippen LogP contribution in [0.2, 0.25) is 0 Å². The third-order valence-electron chi connectivity index (χ3n) is 3.34. The molecule has 0 bridgehead atoms. The van der Waals surface area contributed by atoms with Crippen molar-refractivity contribution in [1.29, 1.82) is 0 Å². The van der Waals surface area contributed by atoms with Gasteiger partial charge in [0.25, 0.3) is 0 Å². The number of rotatable bonds is 4. The maximum absolute atomic E-state index is 12.0. The molecule has 1 rings (SSSR count). The molecule has 16 heavy (non-hydrogen) atoms. The van der Waals surface area contributed by atoms with Crippen molar-refractivity contribution in [2.75, 3.05) is 13.1 Å². The Kier molecular flexibility index (Phi) is 5.06. The standard InChI is InChI=1S/C12H25N3O/c1-4-15(12(16)14-9(2)3)11-7-5-6-10(11)8-13/h9-11H,4-8,13H2,1-3H3,(H,14,16). The quantitative estimate of drug-likeness (QED) is 0.765. The van der Waals surface area contributed by atoms with Crippen LogP contribution in [-0.2, 0) is 0 Å². The van der Waals surface area contributed by atoms with Crippen LogP contribution in [0.5, 0.6) is 0 Å². The van der Waals surface area contributed by atoms with E-state index in [1.54, 1.807) is 0 Å². The second-order valence-electron chi connectivity index (χ2n) is 4.88. The second-order valence-corrected chi connectivity index (χ2v) is 4.88. The lowest BCUT2D eigenvalue weighted by Crippen LogP contribution is -2.50. The van der Waals surface area contributed by atoms with E-state index in [4.69, 9.17) is 5.73 Å². The van der Waals surface area contributed by atoms with E-state index in [0.717, 1.165) is 19.4 Å². The van der Waals surface area contributed by atoms with Crippen LogP contribution in [0, 0.1) is 5.92 Å². The fraction of sp³-hybridized carbons (Fsp3) is 0.917. The molecule has 94 valence electrons. The van der Waals surface area contributed by atoms with Gasteiger partial charge in [-0.05, 0) is 46.1 Å². The number of hydrogen-bond donors (Lipinski definition) is 2. The minimum absolute atomic E-state index is 0.0582. The summed E-state index contributed by atoms with van der Waals surface area (Å²) >= 11 is 0. The highest BCUT2D eigenvalue weighted by molar-refractivity contribution is 5.74. The number of amides is 2. The zero-order chi connectivity index (χ0) is 12.1. The Morgan fingerprint density at radius 3 is 2.69 bits per heavy atom. The van der Waals surface area contributed by atoms with Gasteiger partial charge in [-0.3, -0.25) is 0 Å². The normalized spacial score (nSPS) is 24.8. The second kappa shape index (κ2) is 6.09. The van der Waals surface area contributed by atoms with Crippen LogP contribution >= 0.6 is 0 Å². The molecular formula is C12H25N3O. The predicted molar refractivity (Wildman–Crippen MR) is 66.2 cm³/mol. The van der Waals surface area contributed by atoms with Crippen LogP contribution < -0.4 is 11.1 Å². The first-order valence-corrected chi connectivity index (χ1v) is 6.37. The van der Waals surface area contributed by atoms with Crippen molar-refractivity contribution in [2.45, 2.75) is 52.1 Å². The smallest absolute Gasteiger partial charge is 0.317 e. The molecule has 0 heterocycles. The monoisotopic (exact) mass is 227 g/mol. The van der Waals surface area contributed by atoms with Gasteiger partial charge in [-0.25, -0.2) is 4.79 Å². The van der Waals surface area contributed by atoms with E-state index in [9.17, 15) is 4.79 Å². The van der Waals surface area contributed by atoms with E-state index in [-0.39, 0.29) is 12.1 Å². The van der Waals surface area contributed by atoms with Gasteiger partial charge >= 0.3 is 6.03 Å². The SMILES string of the molecule is CCN(C(=O)NC(C)C)C1CCCC1CN. The largest absolute Gasteiger partial charge is 0.336 e. The number of hydrogen-bond acceptors (Lipinski definition) is 2. The van der Waals surface area contributed by atoms with Crippen molar-refractivity contribution >= 4 is 6.03 Å². The molecule has 2 atom stereocenters.